The molecule has 110 valence electrons. The summed E-state index contributed by atoms with van der Waals surface area (Å²) in [6.45, 7) is 5.07. The van der Waals surface area contributed by atoms with E-state index >= 15 is 0 Å². The fourth-order valence-electron chi connectivity index (χ4n) is 3.09. The van der Waals surface area contributed by atoms with Crippen molar-refractivity contribution in [2.24, 2.45) is 0 Å². The van der Waals surface area contributed by atoms with Gasteiger partial charge in [0.2, 0.25) is 0 Å². The first-order valence-corrected chi connectivity index (χ1v) is 7.39. The molecule has 21 heavy (non-hydrogen) atoms. The van der Waals surface area contributed by atoms with Crippen LogP contribution in [0.15, 0.2) is 36.4 Å². The molecule has 3 rings (SSSR count). The average Bonchev–Trinajstić information content (AvgIpc) is 2.48. The van der Waals surface area contributed by atoms with Gasteiger partial charge in [-0.25, -0.2) is 0 Å². The molecular formula is C18H22N2O. The lowest BCUT2D eigenvalue weighted by atomic mass is 9.97. The number of methoxy groups -OCH3 is 1. The Morgan fingerprint density at radius 1 is 1.24 bits per heavy atom. The van der Waals surface area contributed by atoms with E-state index in [9.17, 15) is 0 Å². The highest BCUT2D eigenvalue weighted by Crippen LogP contribution is 2.26. The molecule has 2 aromatic rings. The van der Waals surface area contributed by atoms with E-state index in [4.69, 9.17) is 10.5 Å². The predicted octanol–water partition coefficient (Wildman–Crippen LogP) is 3.14. The van der Waals surface area contributed by atoms with Crippen molar-refractivity contribution in [3.63, 3.8) is 0 Å². The van der Waals surface area contributed by atoms with Gasteiger partial charge in [0.15, 0.2) is 0 Å². The maximum absolute atomic E-state index is 6.12. The van der Waals surface area contributed by atoms with Gasteiger partial charge in [-0.2, -0.15) is 0 Å². The van der Waals surface area contributed by atoms with Crippen LogP contribution in [0.2, 0.25) is 0 Å². The van der Waals surface area contributed by atoms with Crippen molar-refractivity contribution in [2.45, 2.75) is 26.4 Å². The molecule has 0 fully saturated rings. The average molecular weight is 282 g/mol. The van der Waals surface area contributed by atoms with Crippen LogP contribution in [0, 0.1) is 6.92 Å². The van der Waals surface area contributed by atoms with Crippen molar-refractivity contribution in [1.29, 1.82) is 0 Å². The summed E-state index contributed by atoms with van der Waals surface area (Å²) in [5, 5.41) is 0. The smallest absolute Gasteiger partial charge is 0.121 e. The molecule has 2 N–H and O–H groups in total. The molecule has 0 bridgehead atoms. The van der Waals surface area contributed by atoms with Crippen LogP contribution in [0.25, 0.3) is 0 Å². The Morgan fingerprint density at radius 3 is 2.86 bits per heavy atom. The van der Waals surface area contributed by atoms with Crippen LogP contribution in [-0.4, -0.2) is 18.6 Å². The van der Waals surface area contributed by atoms with E-state index in [0.717, 1.165) is 37.5 Å². The molecular weight excluding hydrogens is 260 g/mol. The minimum Gasteiger partial charge on any atom is -0.496 e. The van der Waals surface area contributed by atoms with Gasteiger partial charge in [0.05, 0.1) is 7.11 Å². The number of rotatable bonds is 3. The molecule has 2 aromatic carbocycles. The van der Waals surface area contributed by atoms with Gasteiger partial charge in [-0.1, -0.05) is 24.3 Å². The van der Waals surface area contributed by atoms with Crippen LogP contribution in [0.3, 0.4) is 0 Å². The standard InChI is InChI=1S/C18H22N2O/c1-13-10-14(6-7-18(13)21-2)11-20-9-8-15-4-3-5-17(19)16(15)12-20/h3-7,10H,8-9,11-12,19H2,1-2H3. The van der Waals surface area contributed by atoms with Crippen LogP contribution in [-0.2, 0) is 19.5 Å². The Hall–Kier alpha value is -2.00. The molecule has 0 amide bonds. The van der Waals surface area contributed by atoms with Gasteiger partial charge in [-0.15, -0.1) is 0 Å². The third-order valence-electron chi connectivity index (χ3n) is 4.25. The summed E-state index contributed by atoms with van der Waals surface area (Å²) in [6.07, 6.45) is 1.08. The highest BCUT2D eigenvalue weighted by molar-refractivity contribution is 5.51. The minimum absolute atomic E-state index is 0.920. The molecule has 0 atom stereocenters. The van der Waals surface area contributed by atoms with E-state index in [-0.39, 0.29) is 0 Å². The highest BCUT2D eigenvalue weighted by Gasteiger charge is 2.18. The molecule has 0 radical (unpaired) electrons. The van der Waals surface area contributed by atoms with Crippen molar-refractivity contribution in [2.75, 3.05) is 19.4 Å². The van der Waals surface area contributed by atoms with Crippen LogP contribution in [0.5, 0.6) is 5.75 Å². The van der Waals surface area contributed by atoms with E-state index < -0.39 is 0 Å². The van der Waals surface area contributed by atoms with Crippen LogP contribution >= 0.6 is 0 Å². The lowest BCUT2D eigenvalue weighted by Crippen LogP contribution is -2.30. The summed E-state index contributed by atoms with van der Waals surface area (Å²) in [5.41, 5.74) is 12.2. The Bertz CT molecular complexity index is 652. The van der Waals surface area contributed by atoms with Crippen molar-refractivity contribution in [3.05, 3.63) is 58.7 Å². The molecule has 0 aliphatic carbocycles. The summed E-state index contributed by atoms with van der Waals surface area (Å²) >= 11 is 0. The minimum atomic E-state index is 0.920. The molecule has 0 saturated carbocycles. The van der Waals surface area contributed by atoms with Crippen molar-refractivity contribution in [1.82, 2.24) is 4.90 Å². The Labute approximate surface area is 126 Å². The molecule has 3 heteroatoms. The molecule has 1 heterocycles. The number of fused-ring (bicyclic) bond motifs is 1. The lowest BCUT2D eigenvalue weighted by Gasteiger charge is -2.29. The summed E-state index contributed by atoms with van der Waals surface area (Å²) < 4.78 is 5.32. The van der Waals surface area contributed by atoms with Crippen molar-refractivity contribution < 1.29 is 4.74 Å². The largest absolute Gasteiger partial charge is 0.496 e. The van der Waals surface area contributed by atoms with Gasteiger partial charge >= 0.3 is 0 Å². The second-order valence-corrected chi connectivity index (χ2v) is 5.75. The first kappa shape index (κ1) is 14.0. The zero-order valence-corrected chi connectivity index (χ0v) is 12.7. The first-order chi connectivity index (χ1) is 10.2. The summed E-state index contributed by atoms with van der Waals surface area (Å²) in [7, 11) is 1.71. The number of nitrogens with two attached hydrogens (primary N) is 1. The SMILES string of the molecule is COc1ccc(CN2CCc3cccc(N)c3C2)cc1C. The number of benzene rings is 2. The molecule has 1 aliphatic heterocycles. The molecule has 1 aliphatic rings. The van der Waals surface area contributed by atoms with Crippen LogP contribution in [0.1, 0.15) is 22.3 Å². The molecule has 0 saturated heterocycles. The third-order valence-corrected chi connectivity index (χ3v) is 4.25. The second-order valence-electron chi connectivity index (χ2n) is 5.75. The van der Waals surface area contributed by atoms with Crippen molar-refractivity contribution >= 4 is 5.69 Å². The van der Waals surface area contributed by atoms with Gasteiger partial charge in [0, 0.05) is 25.3 Å². The zero-order valence-electron chi connectivity index (χ0n) is 12.7. The predicted molar refractivity (Wildman–Crippen MR) is 86.4 cm³/mol. The van der Waals surface area contributed by atoms with Gasteiger partial charge < -0.3 is 10.5 Å². The lowest BCUT2D eigenvalue weighted by molar-refractivity contribution is 0.246. The molecule has 0 unspecified atom stereocenters. The summed E-state index contributed by atoms with van der Waals surface area (Å²) in [4.78, 5) is 2.46. The Morgan fingerprint density at radius 2 is 2.10 bits per heavy atom. The second kappa shape index (κ2) is 5.78. The molecule has 0 spiro atoms. The third kappa shape index (κ3) is 2.88. The number of aryl methyl sites for hydroxylation is 1. The molecule has 0 aromatic heterocycles. The number of nitrogens with zero attached hydrogens (tertiary/aromatic N) is 1. The Kier molecular flexibility index (Phi) is 3.84. The summed E-state index contributed by atoms with van der Waals surface area (Å²) in [6, 6.07) is 12.7. The van der Waals surface area contributed by atoms with Gasteiger partial charge in [0.25, 0.3) is 0 Å². The van der Waals surface area contributed by atoms with E-state index in [2.05, 4.69) is 42.2 Å². The number of nitrogen functional groups attached to an aromatic ring is 1. The van der Waals surface area contributed by atoms with Gasteiger partial charge in [-0.3, -0.25) is 4.90 Å². The zero-order chi connectivity index (χ0) is 14.8. The van der Waals surface area contributed by atoms with E-state index in [1.54, 1.807) is 7.11 Å². The number of hydrogen-bond donors (Lipinski definition) is 1. The summed E-state index contributed by atoms with van der Waals surface area (Å²) in [5.74, 6) is 0.951. The van der Waals surface area contributed by atoms with E-state index in [1.165, 1.54) is 22.3 Å². The van der Waals surface area contributed by atoms with Crippen molar-refractivity contribution in [3.8, 4) is 5.75 Å². The van der Waals surface area contributed by atoms with Gasteiger partial charge in [0.1, 0.15) is 5.75 Å². The quantitative estimate of drug-likeness (QED) is 0.879. The normalized spacial score (nSPS) is 14.8. The number of ether oxygens (including phenoxy) is 1. The fraction of sp³-hybridized carbons (Fsp3) is 0.333. The Balaban J connectivity index is 1.75. The maximum Gasteiger partial charge on any atom is 0.121 e. The van der Waals surface area contributed by atoms with E-state index in [0.29, 0.717) is 0 Å². The van der Waals surface area contributed by atoms with Gasteiger partial charge in [-0.05, 0) is 47.7 Å². The first-order valence-electron chi connectivity index (χ1n) is 7.39. The molecule has 3 nitrogen and oxygen atoms in total. The monoisotopic (exact) mass is 282 g/mol. The fourth-order valence-corrected chi connectivity index (χ4v) is 3.09. The topological polar surface area (TPSA) is 38.5 Å². The van der Waals surface area contributed by atoms with E-state index in [1.807, 2.05) is 6.07 Å². The maximum atomic E-state index is 6.12. The number of anilines is 1. The van der Waals surface area contributed by atoms with Crippen LogP contribution in [0.4, 0.5) is 5.69 Å². The number of hydrogen-bond acceptors (Lipinski definition) is 3. The highest BCUT2D eigenvalue weighted by atomic mass is 16.5. The van der Waals surface area contributed by atoms with Crippen LogP contribution < -0.4 is 10.5 Å².